The Balaban J connectivity index is 0.00000131. The summed E-state index contributed by atoms with van der Waals surface area (Å²) in [5, 5.41) is 0. The Morgan fingerprint density at radius 3 is 1.44 bits per heavy atom. The van der Waals surface area contributed by atoms with Gasteiger partial charge in [-0.05, 0) is 0 Å². The van der Waals surface area contributed by atoms with Crippen molar-refractivity contribution in [3.05, 3.63) is 42.0 Å². The van der Waals surface area contributed by atoms with E-state index in [4.69, 9.17) is 0 Å². The molecule has 0 radical (unpaired) electrons. The molecule has 4 aliphatic rings. The number of hydrogen-bond donors (Lipinski definition) is 0. The molecule has 2 fully saturated rings. The van der Waals surface area contributed by atoms with Gasteiger partial charge < -0.3 is 0 Å². The van der Waals surface area contributed by atoms with Gasteiger partial charge in [-0.25, -0.2) is 0 Å². The first-order valence-corrected chi connectivity index (χ1v) is 13.4. The zero-order chi connectivity index (χ0) is 16.9. The molecule has 150 valence electrons. The second-order valence-corrected chi connectivity index (χ2v) is 12.3. The maximum absolute atomic E-state index is 2.51. The Bertz CT molecular complexity index is 536. The normalized spacial score (nSPS) is 23.6. The molecule has 0 aliphatic heterocycles. The van der Waals surface area contributed by atoms with Gasteiger partial charge in [-0.2, -0.15) is 0 Å². The predicted octanol–water partition coefficient (Wildman–Crippen LogP) is 8.28. The van der Waals surface area contributed by atoms with E-state index < -0.39 is 23.2 Å². The smallest absolute Gasteiger partial charge is 0.147 e. The Morgan fingerprint density at radius 1 is 0.630 bits per heavy atom. The minimum Gasteiger partial charge on any atom is -0.147 e. The zero-order valence-corrected chi connectivity index (χ0v) is 20.8. The molecule has 0 N–H and O–H groups in total. The summed E-state index contributed by atoms with van der Waals surface area (Å²) in [6.45, 7) is 0. The van der Waals surface area contributed by atoms with Crippen molar-refractivity contribution in [1.82, 2.24) is 0 Å². The van der Waals surface area contributed by atoms with Gasteiger partial charge in [0, 0.05) is 0 Å². The molecule has 0 saturated heterocycles. The summed E-state index contributed by atoms with van der Waals surface area (Å²) >= 11 is -0.516. The van der Waals surface area contributed by atoms with Crippen molar-refractivity contribution in [2.24, 2.45) is 11.8 Å². The molecular weight excluding hydrogens is 450 g/mol. The van der Waals surface area contributed by atoms with E-state index in [1.54, 1.807) is 11.1 Å². The second kappa shape index (κ2) is 12.2. The van der Waals surface area contributed by atoms with Gasteiger partial charge in [-0.3, -0.25) is 0 Å². The molecule has 27 heavy (non-hydrogen) atoms. The van der Waals surface area contributed by atoms with Crippen LogP contribution in [0.15, 0.2) is 42.0 Å². The largest absolute Gasteiger partial charge is 0.147 e. The molecule has 0 aromatic carbocycles. The molecule has 0 bridgehead atoms. The van der Waals surface area contributed by atoms with E-state index in [9.17, 15) is 0 Å². The van der Waals surface area contributed by atoms with Crippen LogP contribution >= 0.6 is 24.8 Å². The molecule has 0 unspecified atom stereocenters. The fraction of sp³-hybridized carbons (Fsp3) is 0.667. The Kier molecular flexibility index (Phi) is 10.7. The maximum Gasteiger partial charge on any atom is -0.147 e. The molecule has 2 saturated carbocycles. The standard InChI is InChI=1S/2C12H17.2ClH.Zr/c2*1-2-6-11(7-3-1)10-12-8-4-5-9-12;;;/h2*4,8,11H,1-3,5-7,10H2;2*1H;. The first-order valence-electron chi connectivity index (χ1n) is 10.9. The van der Waals surface area contributed by atoms with E-state index in [-0.39, 0.29) is 24.8 Å². The van der Waals surface area contributed by atoms with Crippen molar-refractivity contribution in [3.63, 3.8) is 0 Å². The quantitative estimate of drug-likeness (QED) is 0.354. The first kappa shape index (κ1) is 23.7. The van der Waals surface area contributed by atoms with Crippen LogP contribution in [0.5, 0.6) is 0 Å². The minimum absolute atomic E-state index is 0. The third kappa shape index (κ3) is 6.72. The maximum atomic E-state index is 2.51. The summed E-state index contributed by atoms with van der Waals surface area (Å²) in [6, 6.07) is 0. The summed E-state index contributed by atoms with van der Waals surface area (Å²) in [5.41, 5.74) is 3.57. The molecule has 0 amide bonds. The molecule has 0 heterocycles. The van der Waals surface area contributed by atoms with Crippen LogP contribution in [-0.2, 0) is 23.2 Å². The van der Waals surface area contributed by atoms with Crippen LogP contribution in [0.25, 0.3) is 0 Å². The van der Waals surface area contributed by atoms with Crippen LogP contribution in [-0.4, -0.2) is 0 Å². The van der Waals surface area contributed by atoms with Gasteiger partial charge in [0.2, 0.25) is 0 Å². The second-order valence-electron chi connectivity index (χ2n) is 8.76. The Hall–Kier alpha value is 0.423. The van der Waals surface area contributed by atoms with Crippen LogP contribution in [0.1, 0.15) is 89.9 Å². The fourth-order valence-corrected chi connectivity index (χ4v) is 9.01. The molecule has 0 nitrogen and oxygen atoms in total. The fourth-order valence-electron chi connectivity index (χ4n) is 5.33. The van der Waals surface area contributed by atoms with Crippen molar-refractivity contribution < 1.29 is 23.2 Å². The third-order valence-corrected chi connectivity index (χ3v) is 10.9. The molecule has 0 aromatic heterocycles. The Labute approximate surface area is 190 Å². The molecule has 0 spiro atoms. The summed E-state index contributed by atoms with van der Waals surface area (Å²) in [5.74, 6) is 2.00. The molecule has 3 heteroatoms. The summed E-state index contributed by atoms with van der Waals surface area (Å²) in [6.07, 6.45) is 30.2. The molecule has 4 aliphatic carbocycles. The van der Waals surface area contributed by atoms with Gasteiger partial charge in [0.15, 0.2) is 0 Å². The van der Waals surface area contributed by atoms with Crippen LogP contribution in [0.2, 0.25) is 0 Å². The van der Waals surface area contributed by atoms with Crippen molar-refractivity contribution in [2.45, 2.75) is 89.9 Å². The van der Waals surface area contributed by atoms with Gasteiger partial charge >= 0.3 is 167 Å². The number of halogens is 2. The van der Waals surface area contributed by atoms with Gasteiger partial charge in [-0.1, -0.05) is 0 Å². The predicted molar refractivity (Wildman–Crippen MR) is 118 cm³/mol. The number of rotatable bonds is 6. The van der Waals surface area contributed by atoms with Crippen LogP contribution in [0.3, 0.4) is 0 Å². The Morgan fingerprint density at radius 2 is 1.04 bits per heavy atom. The van der Waals surface area contributed by atoms with E-state index in [1.807, 2.05) is 6.56 Å². The van der Waals surface area contributed by atoms with Crippen molar-refractivity contribution >= 4 is 24.8 Å². The van der Waals surface area contributed by atoms with Crippen molar-refractivity contribution in [2.75, 3.05) is 0 Å². The molecule has 0 atom stereocenters. The van der Waals surface area contributed by atoms with E-state index >= 15 is 0 Å². The topological polar surface area (TPSA) is 0 Å². The average molecular weight is 487 g/mol. The molecule has 4 rings (SSSR count). The van der Waals surface area contributed by atoms with Crippen LogP contribution in [0.4, 0.5) is 0 Å². The third-order valence-electron chi connectivity index (χ3n) is 6.83. The SMILES string of the molecule is C1=CC(CC2CCCCC2)=[C]([Zr][C]2=C(CC3CCCCC3)C=CC2)C1.Cl.Cl. The van der Waals surface area contributed by atoms with Gasteiger partial charge in [0.25, 0.3) is 0 Å². The summed E-state index contributed by atoms with van der Waals surface area (Å²) in [4.78, 5) is 0. The van der Waals surface area contributed by atoms with Gasteiger partial charge in [0.1, 0.15) is 0 Å². The van der Waals surface area contributed by atoms with Crippen LogP contribution in [0, 0.1) is 11.8 Å². The van der Waals surface area contributed by atoms with Crippen molar-refractivity contribution in [1.29, 1.82) is 0 Å². The molecular formula is C24H36Cl2Zr. The first-order chi connectivity index (χ1) is 12.4. The summed E-state index contributed by atoms with van der Waals surface area (Å²) < 4.78 is 3.85. The zero-order valence-electron chi connectivity index (χ0n) is 16.7. The van der Waals surface area contributed by atoms with E-state index in [2.05, 4.69) is 24.3 Å². The van der Waals surface area contributed by atoms with Gasteiger partial charge in [-0.15, -0.1) is 24.8 Å². The van der Waals surface area contributed by atoms with E-state index in [1.165, 1.54) is 89.9 Å². The van der Waals surface area contributed by atoms with Crippen LogP contribution < -0.4 is 0 Å². The number of allylic oxidation sites excluding steroid dienone is 8. The average Bonchev–Trinajstić information content (AvgIpc) is 3.27. The van der Waals surface area contributed by atoms with E-state index in [0.29, 0.717) is 0 Å². The van der Waals surface area contributed by atoms with Crippen molar-refractivity contribution in [3.8, 4) is 0 Å². The number of hydrogen-bond acceptors (Lipinski definition) is 0. The monoisotopic (exact) mass is 484 g/mol. The minimum atomic E-state index is -0.516. The summed E-state index contributed by atoms with van der Waals surface area (Å²) in [7, 11) is 0. The van der Waals surface area contributed by atoms with E-state index in [0.717, 1.165) is 11.8 Å². The van der Waals surface area contributed by atoms with Gasteiger partial charge in [0.05, 0.1) is 0 Å². The molecule has 0 aromatic rings.